The van der Waals surface area contributed by atoms with Gasteiger partial charge >= 0.3 is 0 Å². The predicted octanol–water partition coefficient (Wildman–Crippen LogP) is 7.31. The van der Waals surface area contributed by atoms with E-state index in [-0.39, 0.29) is 23.2 Å². The fourth-order valence-corrected chi connectivity index (χ4v) is 5.24. The third-order valence-electron chi connectivity index (χ3n) is 7.18. The Bertz CT molecular complexity index is 992. The molecule has 37 heavy (non-hydrogen) atoms. The summed E-state index contributed by atoms with van der Waals surface area (Å²) in [5, 5.41) is 0.188. The summed E-state index contributed by atoms with van der Waals surface area (Å²) in [5.41, 5.74) is 3.42. The third-order valence-corrected chi connectivity index (χ3v) is 12.6. The third kappa shape index (κ3) is 9.53. The number of carbonyl (C=O) groups excluding carboxylic acids is 1. The van der Waals surface area contributed by atoms with Crippen LogP contribution in [0.2, 0.25) is 37.8 Å². The first-order chi connectivity index (χ1) is 17.0. The summed E-state index contributed by atoms with van der Waals surface area (Å²) in [6.07, 6.45) is 4.22. The molecule has 1 fully saturated rings. The minimum atomic E-state index is -1.79. The fraction of sp³-hybridized carbons (Fsp3) is 0.633. The van der Waals surface area contributed by atoms with Crippen molar-refractivity contribution < 1.29 is 23.4 Å². The van der Waals surface area contributed by atoms with Gasteiger partial charge in [0.25, 0.3) is 0 Å². The molecule has 0 radical (unpaired) electrons. The van der Waals surface area contributed by atoms with Gasteiger partial charge in [0.15, 0.2) is 14.6 Å². The fourth-order valence-electron chi connectivity index (χ4n) is 3.62. The van der Waals surface area contributed by atoms with Gasteiger partial charge in [-0.05, 0) is 55.4 Å². The first kappa shape index (κ1) is 31.5. The average Bonchev–Trinajstić information content (AvgIpc) is 3.11. The minimum absolute atomic E-state index is 0.0993. The molecule has 0 unspecified atom stereocenters. The predicted molar refractivity (Wildman–Crippen MR) is 157 cm³/mol. The molecule has 1 aliphatic heterocycles. The van der Waals surface area contributed by atoms with Crippen LogP contribution in [-0.2, 0) is 18.7 Å². The van der Waals surface area contributed by atoms with E-state index in [0.29, 0.717) is 13.0 Å². The number of methoxy groups -OCH3 is 1. The summed E-state index contributed by atoms with van der Waals surface area (Å²) in [6, 6.07) is 7.66. The Balaban J connectivity index is 2.15. The molecule has 1 heterocycles. The number of ketones is 1. The lowest BCUT2D eigenvalue weighted by atomic mass is 9.91. The summed E-state index contributed by atoms with van der Waals surface area (Å²) in [5.74, 6) is 3.82. The standard InChI is InChI=1S/C30H48O5Si2/c1-23(22-33-37(10,11)29(2,3)4)13-12-19-30(5)27(21-25(31)18-20-36(7,8)9)34-28(35-30)24-14-16-26(32-6)17-15-24/h12-17,23,27-28H,19,21-22H2,1-11H3/b13-12+/t23-,27+,28+,30-/m1/s1. The Labute approximate surface area is 227 Å². The van der Waals surface area contributed by atoms with Crippen molar-refractivity contribution in [1.29, 1.82) is 0 Å². The zero-order chi connectivity index (χ0) is 28.1. The van der Waals surface area contributed by atoms with E-state index in [2.05, 4.69) is 84.0 Å². The number of carbonyl (C=O) groups is 1. The van der Waals surface area contributed by atoms with Crippen LogP contribution >= 0.6 is 0 Å². The highest BCUT2D eigenvalue weighted by molar-refractivity contribution is 6.84. The summed E-state index contributed by atoms with van der Waals surface area (Å²) < 4.78 is 24.5. The Morgan fingerprint density at radius 1 is 1.16 bits per heavy atom. The van der Waals surface area contributed by atoms with E-state index < -0.39 is 34.4 Å². The van der Waals surface area contributed by atoms with Gasteiger partial charge in [0, 0.05) is 18.6 Å². The lowest BCUT2D eigenvalue weighted by Gasteiger charge is -2.36. The molecule has 0 spiro atoms. The molecule has 206 valence electrons. The highest BCUT2D eigenvalue weighted by atomic mass is 28.4. The molecule has 0 aromatic heterocycles. The molecule has 4 atom stereocenters. The number of benzene rings is 1. The van der Waals surface area contributed by atoms with Crippen LogP contribution in [-0.4, -0.2) is 47.6 Å². The Kier molecular flexibility index (Phi) is 10.6. The van der Waals surface area contributed by atoms with Gasteiger partial charge in [-0.1, -0.05) is 71.6 Å². The molecule has 2 rings (SSSR count). The topological polar surface area (TPSA) is 54.0 Å². The zero-order valence-corrected chi connectivity index (χ0v) is 26.9. The van der Waals surface area contributed by atoms with Crippen molar-refractivity contribution in [3.05, 3.63) is 42.0 Å². The van der Waals surface area contributed by atoms with E-state index in [1.54, 1.807) is 7.11 Å². The molecule has 0 amide bonds. The molecule has 0 aliphatic carbocycles. The van der Waals surface area contributed by atoms with E-state index in [9.17, 15) is 4.79 Å². The van der Waals surface area contributed by atoms with Crippen molar-refractivity contribution in [2.24, 2.45) is 5.92 Å². The summed E-state index contributed by atoms with van der Waals surface area (Å²) in [7, 11) is -1.79. The van der Waals surface area contributed by atoms with Gasteiger partial charge < -0.3 is 18.6 Å². The monoisotopic (exact) mass is 544 g/mol. The lowest BCUT2D eigenvalue weighted by Crippen LogP contribution is -2.41. The van der Waals surface area contributed by atoms with Gasteiger partial charge in [0.1, 0.15) is 13.8 Å². The van der Waals surface area contributed by atoms with Gasteiger partial charge in [-0.25, -0.2) is 0 Å². The second-order valence-corrected chi connectivity index (χ2v) is 22.5. The number of hydrogen-bond donors (Lipinski definition) is 0. The SMILES string of the molecule is COc1ccc([C@H]2O[C@@H](CC(=O)C#C[Si](C)(C)C)[C@@](C)(C/C=C/[C@@H](C)CO[Si](C)(C)C(C)(C)C)O2)cc1. The van der Waals surface area contributed by atoms with Gasteiger partial charge in [0.05, 0.1) is 18.8 Å². The largest absolute Gasteiger partial charge is 0.497 e. The zero-order valence-electron chi connectivity index (χ0n) is 24.9. The number of ether oxygens (including phenoxy) is 3. The molecule has 5 nitrogen and oxygen atoms in total. The molecule has 0 bridgehead atoms. The van der Waals surface area contributed by atoms with Crippen molar-refractivity contribution >= 4 is 22.2 Å². The highest BCUT2D eigenvalue weighted by Gasteiger charge is 2.46. The van der Waals surface area contributed by atoms with Crippen molar-refractivity contribution in [2.45, 2.75) is 103 Å². The van der Waals surface area contributed by atoms with Crippen molar-refractivity contribution in [3.63, 3.8) is 0 Å². The van der Waals surface area contributed by atoms with E-state index in [1.807, 2.05) is 31.2 Å². The van der Waals surface area contributed by atoms with Crippen LogP contribution < -0.4 is 4.74 Å². The first-order valence-corrected chi connectivity index (χ1v) is 19.7. The van der Waals surface area contributed by atoms with Gasteiger partial charge in [0.2, 0.25) is 5.78 Å². The average molecular weight is 545 g/mol. The summed E-state index contributed by atoms with van der Waals surface area (Å²) in [6.45, 7) is 22.6. The minimum Gasteiger partial charge on any atom is -0.497 e. The Morgan fingerprint density at radius 2 is 1.78 bits per heavy atom. The molecule has 0 N–H and O–H groups in total. The number of Topliss-reactive ketones (excluding diaryl/α,β-unsaturated/α-hetero) is 1. The van der Waals surface area contributed by atoms with E-state index >= 15 is 0 Å². The molecular formula is C30H48O5Si2. The molecule has 1 saturated heterocycles. The molecule has 7 heteroatoms. The Hall–Kier alpha value is -1.70. The molecule has 0 saturated carbocycles. The number of rotatable bonds is 10. The van der Waals surface area contributed by atoms with Gasteiger partial charge in [-0.15, -0.1) is 5.54 Å². The van der Waals surface area contributed by atoms with Crippen molar-refractivity contribution in [3.8, 4) is 17.2 Å². The second kappa shape index (κ2) is 12.4. The van der Waals surface area contributed by atoms with Gasteiger partial charge in [-0.2, -0.15) is 0 Å². The maximum absolute atomic E-state index is 12.8. The molecule has 1 aromatic rings. The van der Waals surface area contributed by atoms with E-state index in [4.69, 9.17) is 18.6 Å². The maximum atomic E-state index is 12.8. The van der Waals surface area contributed by atoms with Gasteiger partial charge in [-0.3, -0.25) is 4.79 Å². The van der Waals surface area contributed by atoms with Crippen LogP contribution in [0.15, 0.2) is 36.4 Å². The van der Waals surface area contributed by atoms with Crippen LogP contribution in [0.25, 0.3) is 0 Å². The number of hydrogen-bond acceptors (Lipinski definition) is 5. The summed E-state index contributed by atoms with van der Waals surface area (Å²) >= 11 is 0. The first-order valence-electron chi connectivity index (χ1n) is 13.3. The van der Waals surface area contributed by atoms with E-state index in [1.165, 1.54) is 0 Å². The van der Waals surface area contributed by atoms with Crippen LogP contribution in [0.3, 0.4) is 0 Å². The maximum Gasteiger partial charge on any atom is 0.207 e. The van der Waals surface area contributed by atoms with E-state index in [0.717, 1.165) is 11.3 Å². The molecule has 1 aromatic carbocycles. The van der Waals surface area contributed by atoms with Crippen LogP contribution in [0.1, 0.15) is 59.3 Å². The van der Waals surface area contributed by atoms with Crippen LogP contribution in [0.4, 0.5) is 0 Å². The quantitative estimate of drug-likeness (QED) is 0.176. The summed E-state index contributed by atoms with van der Waals surface area (Å²) in [4.78, 5) is 12.8. The Morgan fingerprint density at radius 3 is 2.32 bits per heavy atom. The molecule has 1 aliphatic rings. The van der Waals surface area contributed by atoms with Crippen LogP contribution in [0.5, 0.6) is 5.75 Å². The van der Waals surface area contributed by atoms with Crippen molar-refractivity contribution in [1.82, 2.24) is 0 Å². The smallest absolute Gasteiger partial charge is 0.207 e. The normalized spacial score (nSPS) is 23.5. The van der Waals surface area contributed by atoms with Crippen molar-refractivity contribution in [2.75, 3.05) is 13.7 Å². The highest BCUT2D eigenvalue weighted by Crippen LogP contribution is 2.42. The lowest BCUT2D eigenvalue weighted by molar-refractivity contribution is -0.117. The molecular weight excluding hydrogens is 496 g/mol. The van der Waals surface area contributed by atoms with Crippen LogP contribution in [0, 0.1) is 17.4 Å². The second-order valence-electron chi connectivity index (χ2n) is 13.0.